The van der Waals surface area contributed by atoms with Gasteiger partial charge in [0.25, 0.3) is 0 Å². The number of hydrogen-bond acceptors (Lipinski definition) is 5. The van der Waals surface area contributed by atoms with E-state index in [9.17, 15) is 13.2 Å². The van der Waals surface area contributed by atoms with Gasteiger partial charge in [-0.2, -0.15) is 0 Å². The maximum absolute atomic E-state index is 12.6. The van der Waals surface area contributed by atoms with E-state index < -0.39 is 21.1 Å². The molecular formula is C14H19NO4S. The molecule has 0 bridgehead atoms. The van der Waals surface area contributed by atoms with Crippen molar-refractivity contribution in [1.82, 2.24) is 5.32 Å². The van der Waals surface area contributed by atoms with Crippen LogP contribution in [-0.2, 0) is 19.4 Å². The Balaban J connectivity index is 2.17. The number of ether oxygens (including phenoxy) is 1. The van der Waals surface area contributed by atoms with E-state index in [1.165, 1.54) is 7.11 Å². The number of rotatable bonds is 3. The Hall–Kier alpha value is -1.40. The summed E-state index contributed by atoms with van der Waals surface area (Å²) in [6, 6.07) is 8.01. The van der Waals surface area contributed by atoms with Gasteiger partial charge >= 0.3 is 5.97 Å². The van der Waals surface area contributed by atoms with Gasteiger partial charge in [-0.3, -0.25) is 4.79 Å². The van der Waals surface area contributed by atoms with Crippen LogP contribution < -0.4 is 5.32 Å². The van der Waals surface area contributed by atoms with Gasteiger partial charge in [0, 0.05) is 6.54 Å². The third-order valence-corrected chi connectivity index (χ3v) is 6.12. The van der Waals surface area contributed by atoms with Crippen LogP contribution in [0, 0.1) is 5.92 Å². The second-order valence-corrected chi connectivity index (χ2v) is 7.26. The molecule has 1 saturated heterocycles. The molecule has 2 rings (SSSR count). The molecule has 0 amide bonds. The van der Waals surface area contributed by atoms with Gasteiger partial charge in [0.1, 0.15) is 6.04 Å². The number of sulfone groups is 1. The van der Waals surface area contributed by atoms with Crippen molar-refractivity contribution in [2.45, 2.75) is 29.5 Å². The van der Waals surface area contributed by atoms with Gasteiger partial charge in [0.2, 0.25) is 0 Å². The molecule has 0 spiro atoms. The van der Waals surface area contributed by atoms with Crippen LogP contribution in [0.1, 0.15) is 13.3 Å². The van der Waals surface area contributed by atoms with Gasteiger partial charge in [0.15, 0.2) is 9.84 Å². The second-order valence-electron chi connectivity index (χ2n) is 5.09. The second kappa shape index (κ2) is 5.93. The molecule has 6 heteroatoms. The van der Waals surface area contributed by atoms with Gasteiger partial charge in [-0.05, 0) is 24.5 Å². The Kier molecular flexibility index (Phi) is 4.45. The first-order valence-electron chi connectivity index (χ1n) is 6.57. The van der Waals surface area contributed by atoms with Crippen LogP contribution in [0.3, 0.4) is 0 Å². The number of carbonyl (C=O) groups is 1. The summed E-state index contributed by atoms with van der Waals surface area (Å²) in [4.78, 5) is 11.8. The van der Waals surface area contributed by atoms with E-state index in [2.05, 4.69) is 5.32 Å². The standard InChI is InChI=1S/C14H19NO4S/c1-10-8-12(14(16)19-2)15-9-13(10)20(17,18)11-6-4-3-5-7-11/h3-7,10,12-13,15H,8-9H2,1-2H3/t10-,12-,13-/m1/s1. The topological polar surface area (TPSA) is 72.5 Å². The number of piperidine rings is 1. The third-order valence-electron chi connectivity index (χ3n) is 3.76. The van der Waals surface area contributed by atoms with Crippen LogP contribution in [0.15, 0.2) is 35.2 Å². The predicted octanol–water partition coefficient (Wildman–Crippen LogP) is 1.000. The van der Waals surface area contributed by atoms with Crippen molar-refractivity contribution in [3.8, 4) is 0 Å². The van der Waals surface area contributed by atoms with Crippen LogP contribution in [0.25, 0.3) is 0 Å². The lowest BCUT2D eigenvalue weighted by molar-refractivity contribution is -0.144. The molecule has 0 radical (unpaired) electrons. The molecule has 3 atom stereocenters. The molecule has 0 unspecified atom stereocenters. The van der Waals surface area contributed by atoms with E-state index in [1.807, 2.05) is 6.92 Å². The van der Waals surface area contributed by atoms with Gasteiger partial charge in [-0.25, -0.2) is 8.42 Å². The largest absolute Gasteiger partial charge is 0.468 e. The summed E-state index contributed by atoms with van der Waals surface area (Å²) in [6.07, 6.45) is 0.462. The summed E-state index contributed by atoms with van der Waals surface area (Å²) in [5, 5.41) is 2.45. The van der Waals surface area contributed by atoms with Crippen LogP contribution in [0.4, 0.5) is 0 Å². The number of esters is 1. The van der Waals surface area contributed by atoms with E-state index in [0.29, 0.717) is 11.3 Å². The number of carbonyl (C=O) groups excluding carboxylic acids is 1. The van der Waals surface area contributed by atoms with Crippen molar-refractivity contribution in [2.24, 2.45) is 5.92 Å². The van der Waals surface area contributed by atoms with Crippen LogP contribution in [0.5, 0.6) is 0 Å². The van der Waals surface area contributed by atoms with Crippen LogP contribution >= 0.6 is 0 Å². The summed E-state index contributed by atoms with van der Waals surface area (Å²) in [5.41, 5.74) is 0. The van der Waals surface area contributed by atoms with Gasteiger partial charge in [0.05, 0.1) is 17.3 Å². The minimum Gasteiger partial charge on any atom is -0.468 e. The lowest BCUT2D eigenvalue weighted by Gasteiger charge is -2.33. The summed E-state index contributed by atoms with van der Waals surface area (Å²) < 4.78 is 29.9. The maximum atomic E-state index is 12.6. The first-order chi connectivity index (χ1) is 9.46. The molecule has 1 heterocycles. The quantitative estimate of drug-likeness (QED) is 0.843. The third kappa shape index (κ3) is 2.86. The SMILES string of the molecule is COC(=O)[C@H]1C[C@@H](C)[C@H](S(=O)(=O)c2ccccc2)CN1. The molecular weight excluding hydrogens is 278 g/mol. The predicted molar refractivity (Wildman–Crippen MR) is 75.0 cm³/mol. The van der Waals surface area contributed by atoms with E-state index in [0.717, 1.165) is 0 Å². The van der Waals surface area contributed by atoms with Crippen molar-refractivity contribution < 1.29 is 17.9 Å². The van der Waals surface area contributed by atoms with Crippen molar-refractivity contribution in [3.63, 3.8) is 0 Å². The highest BCUT2D eigenvalue weighted by Gasteiger charge is 2.39. The normalized spacial score (nSPS) is 27.0. The van der Waals surface area contributed by atoms with E-state index in [4.69, 9.17) is 4.74 Å². The minimum atomic E-state index is -3.38. The molecule has 5 nitrogen and oxygen atoms in total. The molecule has 1 N–H and O–H groups in total. The fourth-order valence-corrected chi connectivity index (χ4v) is 4.51. The van der Waals surface area contributed by atoms with E-state index >= 15 is 0 Å². The zero-order chi connectivity index (χ0) is 14.8. The molecule has 1 aliphatic rings. The first-order valence-corrected chi connectivity index (χ1v) is 8.11. The monoisotopic (exact) mass is 297 g/mol. The van der Waals surface area contributed by atoms with Crippen molar-refractivity contribution >= 4 is 15.8 Å². The molecule has 1 aromatic carbocycles. The fraction of sp³-hybridized carbons (Fsp3) is 0.500. The van der Waals surface area contributed by atoms with E-state index in [-0.39, 0.29) is 18.4 Å². The van der Waals surface area contributed by atoms with Gasteiger partial charge < -0.3 is 10.1 Å². The lowest BCUT2D eigenvalue weighted by atomic mass is 9.94. The summed E-state index contributed by atoms with van der Waals surface area (Å²) in [5.74, 6) is -0.446. The Morgan fingerprint density at radius 3 is 2.50 bits per heavy atom. The fourth-order valence-electron chi connectivity index (χ4n) is 2.59. The van der Waals surface area contributed by atoms with Crippen molar-refractivity contribution in [1.29, 1.82) is 0 Å². The molecule has 1 fully saturated rings. The van der Waals surface area contributed by atoms with Crippen molar-refractivity contribution in [2.75, 3.05) is 13.7 Å². The maximum Gasteiger partial charge on any atom is 0.322 e. The summed E-state index contributed by atoms with van der Waals surface area (Å²) >= 11 is 0. The zero-order valence-corrected chi connectivity index (χ0v) is 12.4. The highest BCUT2D eigenvalue weighted by atomic mass is 32.2. The molecule has 20 heavy (non-hydrogen) atoms. The minimum absolute atomic E-state index is 0.106. The van der Waals surface area contributed by atoms with Gasteiger partial charge in [-0.1, -0.05) is 25.1 Å². The number of nitrogens with one attached hydrogen (secondary N) is 1. The summed E-state index contributed by atoms with van der Waals surface area (Å²) in [7, 11) is -2.05. The number of hydrogen-bond donors (Lipinski definition) is 1. The smallest absolute Gasteiger partial charge is 0.322 e. The molecule has 0 saturated carbocycles. The van der Waals surface area contributed by atoms with E-state index in [1.54, 1.807) is 30.3 Å². The van der Waals surface area contributed by atoms with Crippen molar-refractivity contribution in [3.05, 3.63) is 30.3 Å². The summed E-state index contributed by atoms with van der Waals surface area (Å²) in [6.45, 7) is 2.13. The Morgan fingerprint density at radius 2 is 1.95 bits per heavy atom. The lowest BCUT2D eigenvalue weighted by Crippen LogP contribution is -2.52. The average Bonchev–Trinajstić information content (AvgIpc) is 2.47. The molecule has 0 aliphatic carbocycles. The molecule has 1 aromatic rings. The van der Waals surface area contributed by atoms with Crippen LogP contribution in [-0.4, -0.2) is 39.3 Å². The Morgan fingerprint density at radius 1 is 1.30 bits per heavy atom. The highest BCUT2D eigenvalue weighted by molar-refractivity contribution is 7.92. The molecule has 0 aromatic heterocycles. The molecule has 1 aliphatic heterocycles. The van der Waals surface area contributed by atoms with Gasteiger partial charge in [-0.15, -0.1) is 0 Å². The number of methoxy groups -OCH3 is 1. The molecule has 110 valence electrons. The Labute approximate surface area is 119 Å². The zero-order valence-electron chi connectivity index (χ0n) is 11.6. The highest BCUT2D eigenvalue weighted by Crippen LogP contribution is 2.27. The number of benzene rings is 1. The average molecular weight is 297 g/mol. The van der Waals surface area contributed by atoms with Crippen LogP contribution in [0.2, 0.25) is 0 Å². The first kappa shape index (κ1) is 15.0. The Bertz CT molecular complexity index is 570.